The Morgan fingerprint density at radius 1 is 0.613 bits per heavy atom. The van der Waals surface area contributed by atoms with E-state index in [1.54, 1.807) is 0 Å². The van der Waals surface area contributed by atoms with E-state index in [2.05, 4.69) is 109 Å². The quantitative estimate of drug-likeness (QED) is 0.298. The van der Waals surface area contributed by atoms with Gasteiger partial charge in [0.05, 0.1) is 0 Å². The van der Waals surface area contributed by atoms with Gasteiger partial charge in [-0.2, -0.15) is 0 Å². The topological polar surface area (TPSA) is 6.48 Å². The summed E-state index contributed by atoms with van der Waals surface area (Å²) < 4.78 is 0. The first-order valence-electron chi connectivity index (χ1n) is 10.6. The number of fused-ring (bicyclic) bond motifs is 5. The van der Waals surface area contributed by atoms with Gasteiger partial charge in [-0.15, -0.1) is 0 Å². The number of rotatable bonds is 2. The van der Waals surface area contributed by atoms with Crippen molar-refractivity contribution in [3.05, 3.63) is 107 Å². The Morgan fingerprint density at radius 2 is 1.29 bits per heavy atom. The van der Waals surface area contributed by atoms with Crippen LogP contribution in [0.4, 0.5) is 22.7 Å². The lowest BCUT2D eigenvalue weighted by molar-refractivity contribution is 1.07. The van der Waals surface area contributed by atoms with Gasteiger partial charge in [0.2, 0.25) is 0 Å². The Kier molecular flexibility index (Phi) is 4.59. The summed E-state index contributed by atoms with van der Waals surface area (Å²) in [6.45, 7) is 0. The van der Waals surface area contributed by atoms with Crippen molar-refractivity contribution in [2.75, 3.05) is 23.9 Å². The highest BCUT2D eigenvalue weighted by Crippen LogP contribution is 2.46. The van der Waals surface area contributed by atoms with E-state index in [1.165, 1.54) is 56.1 Å². The first kappa shape index (κ1) is 19.4. The zero-order valence-corrected chi connectivity index (χ0v) is 17.4. The summed E-state index contributed by atoms with van der Waals surface area (Å²) >= 11 is 0. The van der Waals surface area contributed by atoms with Gasteiger partial charge in [0.15, 0.2) is 0 Å². The van der Waals surface area contributed by atoms with Crippen molar-refractivity contribution >= 4 is 22.7 Å². The Hall–Kier alpha value is -3.52. The van der Waals surface area contributed by atoms with Gasteiger partial charge in [-0.25, -0.2) is 0 Å². The van der Waals surface area contributed by atoms with Crippen LogP contribution in [0.25, 0.3) is 11.1 Å². The van der Waals surface area contributed by atoms with Crippen LogP contribution in [0.2, 0.25) is 0 Å². The fraction of sp³-hybridized carbons (Fsp3) is 0.172. The molecule has 6 rings (SSSR count). The zero-order valence-electron chi connectivity index (χ0n) is 17.4. The summed E-state index contributed by atoms with van der Waals surface area (Å²) in [6.07, 6.45) is 1.99. The van der Waals surface area contributed by atoms with Crippen molar-refractivity contribution in [2.45, 2.75) is 20.3 Å². The minimum absolute atomic E-state index is 0. The molecule has 0 unspecified atom stereocenters. The average molecular weight is 405 g/mol. The van der Waals surface area contributed by atoms with E-state index < -0.39 is 0 Å². The lowest BCUT2D eigenvalue weighted by Gasteiger charge is -2.34. The second-order valence-electron chi connectivity index (χ2n) is 8.52. The van der Waals surface area contributed by atoms with Crippen LogP contribution in [0.1, 0.15) is 29.7 Å². The molecule has 1 heterocycles. The van der Waals surface area contributed by atoms with Crippen LogP contribution in [0.15, 0.2) is 84.9 Å². The molecule has 1 aliphatic heterocycles. The summed E-state index contributed by atoms with van der Waals surface area (Å²) in [5, 5.41) is 0. The molecule has 2 aliphatic rings. The highest BCUT2D eigenvalue weighted by Gasteiger charge is 2.26. The first-order chi connectivity index (χ1) is 14.7. The maximum absolute atomic E-state index is 2.44. The normalized spacial score (nSPS) is 12.9. The van der Waals surface area contributed by atoms with Gasteiger partial charge in [-0.3, -0.25) is 0 Å². The van der Waals surface area contributed by atoms with E-state index in [0.29, 0.717) is 0 Å². The van der Waals surface area contributed by atoms with Gasteiger partial charge in [0.25, 0.3) is 0 Å². The Bertz CT molecular complexity index is 1290. The summed E-state index contributed by atoms with van der Waals surface area (Å²) in [7, 11) is 4.21. The van der Waals surface area contributed by atoms with Gasteiger partial charge in [-0.1, -0.05) is 56.0 Å². The molecule has 0 atom stereocenters. The molecule has 0 fully saturated rings. The van der Waals surface area contributed by atoms with E-state index in [0.717, 1.165) is 12.8 Å². The predicted molar refractivity (Wildman–Crippen MR) is 133 cm³/mol. The van der Waals surface area contributed by atoms with Gasteiger partial charge >= 0.3 is 0 Å². The van der Waals surface area contributed by atoms with Gasteiger partial charge in [0.1, 0.15) is 0 Å². The number of hydrogen-bond acceptors (Lipinski definition) is 2. The molecular weight excluding hydrogens is 376 g/mol. The second kappa shape index (κ2) is 7.31. The van der Waals surface area contributed by atoms with E-state index >= 15 is 0 Å². The van der Waals surface area contributed by atoms with Crippen LogP contribution in [0.3, 0.4) is 0 Å². The van der Waals surface area contributed by atoms with Gasteiger partial charge < -0.3 is 9.80 Å². The largest absolute Gasteiger partial charge is 0.378 e. The molecule has 0 aromatic heterocycles. The number of hydrogen-bond donors (Lipinski definition) is 0. The molecule has 0 bridgehead atoms. The molecule has 2 nitrogen and oxygen atoms in total. The molecule has 0 spiro atoms. The maximum Gasteiger partial charge on any atom is 0.0498 e. The maximum atomic E-state index is 2.44. The summed E-state index contributed by atoms with van der Waals surface area (Å²) in [4.78, 5) is 4.62. The lowest BCUT2D eigenvalue weighted by atomic mass is 9.94. The zero-order chi connectivity index (χ0) is 20.2. The minimum atomic E-state index is 0. The number of anilines is 4. The van der Waals surface area contributed by atoms with E-state index in [9.17, 15) is 0 Å². The highest BCUT2D eigenvalue weighted by molar-refractivity contribution is 5.87. The van der Waals surface area contributed by atoms with Crippen molar-refractivity contribution in [2.24, 2.45) is 0 Å². The highest BCUT2D eigenvalue weighted by atomic mass is 15.2. The molecule has 1 aliphatic carbocycles. The number of para-hydroxylation sites is 1. The lowest BCUT2D eigenvalue weighted by Crippen LogP contribution is -2.19. The van der Waals surface area contributed by atoms with Crippen LogP contribution in [-0.2, 0) is 12.8 Å². The fourth-order valence-electron chi connectivity index (χ4n) is 4.97. The monoisotopic (exact) mass is 404 g/mol. The van der Waals surface area contributed by atoms with E-state index in [-0.39, 0.29) is 7.43 Å². The average Bonchev–Trinajstić information content (AvgIpc) is 3.14. The molecule has 0 saturated carbocycles. The van der Waals surface area contributed by atoms with E-state index in [4.69, 9.17) is 0 Å². The number of nitrogens with zero attached hydrogens (tertiary/aromatic N) is 2. The molecular formula is C29H28N2. The van der Waals surface area contributed by atoms with Crippen molar-refractivity contribution in [1.82, 2.24) is 0 Å². The van der Waals surface area contributed by atoms with Crippen molar-refractivity contribution in [3.63, 3.8) is 0 Å². The summed E-state index contributed by atoms with van der Waals surface area (Å²) in [5.74, 6) is 0. The molecule has 31 heavy (non-hydrogen) atoms. The number of benzene rings is 4. The minimum Gasteiger partial charge on any atom is -0.378 e. The molecule has 0 saturated heterocycles. The predicted octanol–water partition coefficient (Wildman–Crippen LogP) is 7.33. The molecule has 4 aromatic rings. The third-order valence-electron chi connectivity index (χ3n) is 6.47. The molecule has 154 valence electrons. The van der Waals surface area contributed by atoms with Crippen LogP contribution in [0, 0.1) is 0 Å². The molecule has 0 radical (unpaired) electrons. The Labute approximate surface area is 185 Å². The third-order valence-corrected chi connectivity index (χ3v) is 6.47. The van der Waals surface area contributed by atoms with Gasteiger partial charge in [-0.05, 0) is 76.2 Å². The standard InChI is InChI=1S/C28H24N2.CH4/c1-29(2)23-12-14-28-22(18-23)16-20-8-4-6-10-27(20)30(28)24-11-13-26-21(17-24)15-19-7-3-5-9-25(19)26;/h3-14,17-18H,15-16H2,1-2H3;1H4. The van der Waals surface area contributed by atoms with Crippen molar-refractivity contribution < 1.29 is 0 Å². The van der Waals surface area contributed by atoms with Crippen molar-refractivity contribution in [1.29, 1.82) is 0 Å². The summed E-state index contributed by atoms with van der Waals surface area (Å²) in [6, 6.07) is 31.4. The van der Waals surface area contributed by atoms with Crippen LogP contribution < -0.4 is 9.80 Å². The van der Waals surface area contributed by atoms with Gasteiger partial charge in [0, 0.05) is 43.3 Å². The van der Waals surface area contributed by atoms with Crippen LogP contribution >= 0.6 is 0 Å². The van der Waals surface area contributed by atoms with E-state index in [1.807, 2.05) is 0 Å². The van der Waals surface area contributed by atoms with Crippen LogP contribution in [-0.4, -0.2) is 14.1 Å². The smallest absolute Gasteiger partial charge is 0.0498 e. The first-order valence-corrected chi connectivity index (χ1v) is 10.6. The molecule has 0 N–H and O–H groups in total. The molecule has 0 amide bonds. The third kappa shape index (κ3) is 3.02. The molecule has 4 aromatic carbocycles. The van der Waals surface area contributed by atoms with Crippen LogP contribution in [0.5, 0.6) is 0 Å². The SMILES string of the molecule is C.CN(C)c1ccc2c(c1)Cc1ccccc1N2c1ccc2c(c1)Cc1ccccc1-2. The molecule has 2 heteroatoms. The Balaban J connectivity index is 0.00000204. The fourth-order valence-corrected chi connectivity index (χ4v) is 4.97. The second-order valence-corrected chi connectivity index (χ2v) is 8.52. The summed E-state index contributed by atoms with van der Waals surface area (Å²) in [5.41, 5.74) is 13.4. The Morgan fingerprint density at radius 3 is 2.13 bits per heavy atom. The van der Waals surface area contributed by atoms with Crippen molar-refractivity contribution in [3.8, 4) is 11.1 Å².